The highest BCUT2D eigenvalue weighted by atomic mass is 32.2. The molecule has 9 heteroatoms. The van der Waals surface area contributed by atoms with E-state index in [1.165, 1.54) is 14.2 Å². The Balaban J connectivity index is 3.24. The van der Waals surface area contributed by atoms with Gasteiger partial charge in [-0.25, -0.2) is 12.8 Å². The average molecular weight is 349 g/mol. The van der Waals surface area contributed by atoms with Gasteiger partial charge in [0.05, 0.1) is 14.2 Å². The second-order valence-electron chi connectivity index (χ2n) is 5.28. The molecule has 0 bridgehead atoms. The lowest BCUT2D eigenvalue weighted by molar-refractivity contribution is -0.139. The number of nitrogens with one attached hydrogen (secondary N) is 1. The minimum atomic E-state index is -4.38. The smallest absolute Gasteiger partial charge is 0.321 e. The lowest BCUT2D eigenvalue weighted by Crippen LogP contribution is -2.41. The molecule has 0 unspecified atom stereocenters. The third kappa shape index (κ3) is 4.80. The zero-order valence-corrected chi connectivity index (χ0v) is 14.1. The Morgan fingerprint density at radius 1 is 1.26 bits per heavy atom. The number of carbonyl (C=O) groups is 1. The zero-order valence-electron chi connectivity index (χ0n) is 13.3. The first-order chi connectivity index (χ1) is 10.6. The summed E-state index contributed by atoms with van der Waals surface area (Å²) < 4.78 is 50.5. The van der Waals surface area contributed by atoms with Crippen LogP contribution in [0.25, 0.3) is 0 Å². The summed E-state index contributed by atoms with van der Waals surface area (Å²) in [6, 6.07) is 0.462. The number of halogens is 1. The molecule has 1 aromatic rings. The van der Waals surface area contributed by atoms with E-state index in [2.05, 4.69) is 0 Å². The van der Waals surface area contributed by atoms with E-state index in [4.69, 9.17) is 14.6 Å². The molecule has 0 heterocycles. The van der Waals surface area contributed by atoms with E-state index < -0.39 is 32.7 Å². The number of sulfonamides is 1. The highest BCUT2D eigenvalue weighted by molar-refractivity contribution is 7.89. The van der Waals surface area contributed by atoms with E-state index >= 15 is 0 Å². The number of methoxy groups -OCH3 is 2. The fourth-order valence-electron chi connectivity index (χ4n) is 1.96. The highest BCUT2D eigenvalue weighted by Crippen LogP contribution is 2.32. The van der Waals surface area contributed by atoms with Crippen molar-refractivity contribution in [2.45, 2.75) is 31.2 Å². The first-order valence-corrected chi connectivity index (χ1v) is 8.27. The molecule has 7 nitrogen and oxygen atoms in total. The van der Waals surface area contributed by atoms with Crippen molar-refractivity contribution in [1.29, 1.82) is 0 Å². The number of benzene rings is 1. The van der Waals surface area contributed by atoms with E-state index in [9.17, 15) is 17.6 Å². The van der Waals surface area contributed by atoms with Crippen LogP contribution in [-0.4, -0.2) is 39.8 Å². The molecule has 130 valence electrons. The van der Waals surface area contributed by atoms with E-state index in [1.807, 2.05) is 4.72 Å². The lowest BCUT2D eigenvalue weighted by Gasteiger charge is -2.17. The minimum Gasteiger partial charge on any atom is -0.493 e. The fraction of sp³-hybridized carbons (Fsp3) is 0.500. The van der Waals surface area contributed by atoms with Gasteiger partial charge in [0.15, 0.2) is 11.5 Å². The summed E-state index contributed by atoms with van der Waals surface area (Å²) in [7, 11) is -1.82. The Hall–Kier alpha value is -1.87. The molecular weight excluding hydrogens is 329 g/mol. The largest absolute Gasteiger partial charge is 0.493 e. The highest BCUT2D eigenvalue weighted by Gasteiger charge is 2.29. The topological polar surface area (TPSA) is 102 Å². The van der Waals surface area contributed by atoms with Crippen LogP contribution in [0.5, 0.6) is 11.5 Å². The molecule has 1 atom stereocenters. The van der Waals surface area contributed by atoms with Gasteiger partial charge in [0.1, 0.15) is 16.8 Å². The number of carboxylic acids is 1. The molecule has 1 aromatic carbocycles. The Morgan fingerprint density at radius 2 is 1.78 bits per heavy atom. The number of hydrogen-bond donors (Lipinski definition) is 2. The van der Waals surface area contributed by atoms with Gasteiger partial charge in [0.25, 0.3) is 0 Å². The number of hydrogen-bond acceptors (Lipinski definition) is 5. The minimum absolute atomic E-state index is 0.0185. The van der Waals surface area contributed by atoms with Crippen molar-refractivity contribution in [2.75, 3.05) is 14.2 Å². The summed E-state index contributed by atoms with van der Waals surface area (Å²) in [5, 5.41) is 9.12. The van der Waals surface area contributed by atoms with Crippen molar-refractivity contribution in [2.24, 2.45) is 5.92 Å². The Bertz CT molecular complexity index is 674. The summed E-state index contributed by atoms with van der Waals surface area (Å²) in [4.78, 5) is 10.5. The number of aliphatic carboxylic acids is 1. The van der Waals surface area contributed by atoms with Crippen LogP contribution in [0, 0.1) is 11.7 Å². The van der Waals surface area contributed by atoms with Gasteiger partial charge in [-0.3, -0.25) is 4.79 Å². The quantitative estimate of drug-likeness (QED) is 0.739. The third-order valence-electron chi connectivity index (χ3n) is 3.03. The van der Waals surface area contributed by atoms with Gasteiger partial charge in [-0.1, -0.05) is 13.8 Å². The first-order valence-electron chi connectivity index (χ1n) is 6.79. The van der Waals surface area contributed by atoms with Crippen LogP contribution in [0.15, 0.2) is 17.0 Å². The van der Waals surface area contributed by atoms with Crippen molar-refractivity contribution < 1.29 is 32.2 Å². The first kappa shape index (κ1) is 19.2. The van der Waals surface area contributed by atoms with E-state index in [-0.39, 0.29) is 23.8 Å². The van der Waals surface area contributed by atoms with Gasteiger partial charge < -0.3 is 14.6 Å². The molecule has 0 aliphatic carbocycles. The molecule has 0 saturated heterocycles. The Kier molecular flexibility index (Phi) is 6.34. The van der Waals surface area contributed by atoms with Crippen LogP contribution >= 0.6 is 0 Å². The van der Waals surface area contributed by atoms with Gasteiger partial charge in [-0.05, 0) is 12.3 Å². The van der Waals surface area contributed by atoms with Gasteiger partial charge in [0.2, 0.25) is 10.0 Å². The molecule has 2 N–H and O–H groups in total. The molecule has 0 radical (unpaired) electrons. The molecule has 0 aliphatic rings. The predicted molar refractivity (Wildman–Crippen MR) is 80.7 cm³/mol. The maximum atomic E-state index is 14.1. The van der Waals surface area contributed by atoms with E-state index in [0.717, 1.165) is 12.1 Å². The third-order valence-corrected chi connectivity index (χ3v) is 4.52. The van der Waals surface area contributed by atoms with Crippen LogP contribution in [0.4, 0.5) is 4.39 Å². The average Bonchev–Trinajstić information content (AvgIpc) is 2.44. The van der Waals surface area contributed by atoms with Gasteiger partial charge in [0, 0.05) is 12.1 Å². The number of ether oxygens (including phenoxy) is 2. The van der Waals surface area contributed by atoms with Crippen molar-refractivity contribution in [3.63, 3.8) is 0 Å². The molecule has 23 heavy (non-hydrogen) atoms. The van der Waals surface area contributed by atoms with Gasteiger partial charge >= 0.3 is 5.97 Å². The summed E-state index contributed by atoms with van der Waals surface area (Å²) in [5.74, 6) is -2.41. The molecule has 0 fully saturated rings. The predicted octanol–water partition coefficient (Wildman–Crippen LogP) is 1.62. The number of rotatable bonds is 8. The Morgan fingerprint density at radius 3 is 2.22 bits per heavy atom. The van der Waals surface area contributed by atoms with Gasteiger partial charge in [-0.2, -0.15) is 4.72 Å². The molecule has 1 rings (SSSR count). The van der Waals surface area contributed by atoms with E-state index in [1.54, 1.807) is 13.8 Å². The molecule has 0 spiro atoms. The fourth-order valence-corrected chi connectivity index (χ4v) is 3.24. The summed E-state index contributed by atoms with van der Waals surface area (Å²) in [5.41, 5.74) is 0. The van der Waals surface area contributed by atoms with Crippen LogP contribution in [0.3, 0.4) is 0 Å². The monoisotopic (exact) mass is 349 g/mol. The standard InChI is InChI=1S/C14H20FNO6S/c1-8(2)5-10(14(17)18)16-23(19,20)13-7-12(22-4)11(21-3)6-9(13)15/h6-8,10,16H,5H2,1-4H3,(H,17,18)/t10-/m1/s1. The number of carboxylic acid groups (broad SMARTS) is 1. The van der Waals surface area contributed by atoms with Gasteiger partial charge in [-0.15, -0.1) is 0 Å². The zero-order chi connectivity index (χ0) is 17.8. The van der Waals surface area contributed by atoms with Crippen molar-refractivity contribution in [3.05, 3.63) is 17.9 Å². The molecule has 0 aliphatic heterocycles. The molecular formula is C14H20FNO6S. The summed E-state index contributed by atoms with van der Waals surface area (Å²) in [6.07, 6.45) is 0.0729. The van der Waals surface area contributed by atoms with Crippen molar-refractivity contribution in [3.8, 4) is 11.5 Å². The van der Waals surface area contributed by atoms with Crippen molar-refractivity contribution >= 4 is 16.0 Å². The molecule has 0 amide bonds. The molecule has 0 aromatic heterocycles. The lowest BCUT2D eigenvalue weighted by atomic mass is 10.1. The second-order valence-corrected chi connectivity index (χ2v) is 6.96. The van der Waals surface area contributed by atoms with Crippen LogP contribution < -0.4 is 14.2 Å². The van der Waals surface area contributed by atoms with E-state index in [0.29, 0.717) is 0 Å². The summed E-state index contributed by atoms with van der Waals surface area (Å²) in [6.45, 7) is 3.50. The Labute approximate surface area is 134 Å². The SMILES string of the molecule is COc1cc(F)c(S(=O)(=O)N[C@H](CC(C)C)C(=O)O)cc1OC. The second kappa shape index (κ2) is 7.60. The molecule has 0 saturated carbocycles. The normalized spacial score (nSPS) is 13.0. The van der Waals surface area contributed by atoms with Crippen LogP contribution in [-0.2, 0) is 14.8 Å². The maximum absolute atomic E-state index is 14.1. The maximum Gasteiger partial charge on any atom is 0.321 e. The van der Waals surface area contributed by atoms with Crippen molar-refractivity contribution in [1.82, 2.24) is 4.72 Å². The summed E-state index contributed by atoms with van der Waals surface area (Å²) >= 11 is 0. The van der Waals surface area contributed by atoms with Crippen LogP contribution in [0.2, 0.25) is 0 Å². The van der Waals surface area contributed by atoms with Crippen LogP contribution in [0.1, 0.15) is 20.3 Å².